The van der Waals surface area contributed by atoms with E-state index in [9.17, 15) is 4.79 Å². The average Bonchev–Trinajstić information content (AvgIpc) is 3.17. The Labute approximate surface area is 192 Å². The molecule has 3 saturated carbocycles. The summed E-state index contributed by atoms with van der Waals surface area (Å²) in [6.07, 6.45) is 30.0. The maximum absolute atomic E-state index is 10.4. The van der Waals surface area contributed by atoms with Crippen molar-refractivity contribution in [1.29, 1.82) is 0 Å². The first-order chi connectivity index (χ1) is 15.0. The molecule has 31 heavy (non-hydrogen) atoms. The standard InChI is InChI=1S/C18H26.C11H23NO/c1-18-11-4-7-17(18)16-9-8-13-5-2-3-6-14(13)15(16)10-12-18;1-2-3-4-5-6-7-8-9-10-11(12)13/h4,7,11,13-16H,2-3,5-6,8-10,12H2,1H3;2-10H2,1H3,(H2,12,13)/t13?,14-,15+,16+,18-;/m0./s1. The third-order valence-corrected chi connectivity index (χ3v) is 8.96. The predicted molar refractivity (Wildman–Crippen MR) is 133 cm³/mol. The van der Waals surface area contributed by atoms with Gasteiger partial charge in [0.1, 0.15) is 0 Å². The lowest BCUT2D eigenvalue weighted by Crippen LogP contribution is -2.43. The molecular weight excluding hydrogens is 378 g/mol. The number of primary amides is 1. The van der Waals surface area contributed by atoms with Crippen LogP contribution in [-0.2, 0) is 4.79 Å². The number of fused-ring (bicyclic) bond motifs is 5. The summed E-state index contributed by atoms with van der Waals surface area (Å²) in [6.45, 7) is 4.71. The van der Waals surface area contributed by atoms with E-state index in [2.05, 4.69) is 32.1 Å². The summed E-state index contributed by atoms with van der Waals surface area (Å²) in [6, 6.07) is 0. The summed E-state index contributed by atoms with van der Waals surface area (Å²) in [5.41, 5.74) is 7.29. The second-order valence-corrected chi connectivity index (χ2v) is 11.2. The fourth-order valence-corrected chi connectivity index (χ4v) is 7.19. The van der Waals surface area contributed by atoms with E-state index in [0.29, 0.717) is 11.8 Å². The highest BCUT2D eigenvalue weighted by Gasteiger charge is 2.48. The molecule has 2 N–H and O–H groups in total. The van der Waals surface area contributed by atoms with Crippen LogP contribution in [0.5, 0.6) is 0 Å². The van der Waals surface area contributed by atoms with Crippen LogP contribution in [0.2, 0.25) is 0 Å². The fourth-order valence-electron chi connectivity index (χ4n) is 7.19. The largest absolute Gasteiger partial charge is 0.370 e. The third kappa shape index (κ3) is 6.72. The van der Waals surface area contributed by atoms with E-state index in [1.54, 1.807) is 12.8 Å². The van der Waals surface area contributed by atoms with Gasteiger partial charge in [-0.2, -0.15) is 0 Å². The highest BCUT2D eigenvalue weighted by molar-refractivity contribution is 5.73. The molecular formula is C29H49NO. The van der Waals surface area contributed by atoms with Crippen molar-refractivity contribution >= 4 is 5.91 Å². The van der Waals surface area contributed by atoms with Crippen molar-refractivity contribution in [3.63, 3.8) is 0 Å². The maximum Gasteiger partial charge on any atom is 0.217 e. The Hall–Kier alpha value is -1.05. The highest BCUT2D eigenvalue weighted by atomic mass is 16.1. The SMILES string of the molecule is CCCCCCCCCCC(N)=O.C[C@@]12C=CC=C1[C@@H]1CCC3CCCC[C@@H]3[C@H]1CC2. The number of carbonyl (C=O) groups excluding carboxylic acids is 1. The lowest BCUT2D eigenvalue weighted by Gasteiger charge is -2.52. The number of carbonyl (C=O) groups is 1. The zero-order valence-electron chi connectivity index (χ0n) is 20.5. The van der Waals surface area contributed by atoms with Gasteiger partial charge >= 0.3 is 0 Å². The summed E-state index contributed by atoms with van der Waals surface area (Å²) in [4.78, 5) is 10.4. The summed E-state index contributed by atoms with van der Waals surface area (Å²) in [5, 5.41) is 0. The first kappa shape index (κ1) is 24.6. The molecule has 0 saturated heterocycles. The molecule has 0 spiro atoms. The van der Waals surface area contributed by atoms with Gasteiger partial charge in [-0.3, -0.25) is 4.79 Å². The van der Waals surface area contributed by atoms with Crippen molar-refractivity contribution in [2.24, 2.45) is 34.8 Å². The molecule has 176 valence electrons. The van der Waals surface area contributed by atoms with E-state index >= 15 is 0 Å². The lowest BCUT2D eigenvalue weighted by atomic mass is 9.53. The average molecular weight is 428 g/mol. The molecule has 1 unspecified atom stereocenters. The smallest absolute Gasteiger partial charge is 0.217 e. The molecule has 0 aromatic rings. The highest BCUT2D eigenvalue weighted by Crippen LogP contribution is 2.58. The van der Waals surface area contributed by atoms with Gasteiger partial charge in [-0.25, -0.2) is 0 Å². The predicted octanol–water partition coefficient (Wildman–Crippen LogP) is 8.12. The van der Waals surface area contributed by atoms with Crippen LogP contribution < -0.4 is 5.73 Å². The van der Waals surface area contributed by atoms with Crippen LogP contribution in [0.3, 0.4) is 0 Å². The Bertz CT molecular complexity index is 620. The zero-order chi connectivity index (χ0) is 22.1. The minimum atomic E-state index is -0.161. The van der Waals surface area contributed by atoms with Gasteiger partial charge in [0.05, 0.1) is 0 Å². The number of nitrogens with two attached hydrogens (primary N) is 1. The van der Waals surface area contributed by atoms with Crippen molar-refractivity contribution in [2.45, 2.75) is 123 Å². The summed E-state index contributed by atoms with van der Waals surface area (Å²) in [7, 11) is 0. The maximum atomic E-state index is 10.4. The zero-order valence-corrected chi connectivity index (χ0v) is 20.5. The molecule has 2 nitrogen and oxygen atoms in total. The Balaban J connectivity index is 0.000000188. The van der Waals surface area contributed by atoms with Crippen LogP contribution >= 0.6 is 0 Å². The van der Waals surface area contributed by atoms with E-state index in [0.717, 1.165) is 36.5 Å². The number of unbranched alkanes of at least 4 members (excludes halogenated alkanes) is 7. The van der Waals surface area contributed by atoms with Crippen LogP contribution in [0, 0.1) is 29.1 Å². The molecule has 4 aliphatic carbocycles. The van der Waals surface area contributed by atoms with Gasteiger partial charge in [-0.15, -0.1) is 0 Å². The molecule has 0 aromatic heterocycles. The number of rotatable bonds is 9. The molecule has 1 amide bonds. The van der Waals surface area contributed by atoms with Crippen LogP contribution in [0.1, 0.15) is 123 Å². The minimum absolute atomic E-state index is 0.161. The van der Waals surface area contributed by atoms with E-state index in [1.807, 2.05) is 5.57 Å². The Morgan fingerprint density at radius 2 is 1.65 bits per heavy atom. The third-order valence-electron chi connectivity index (χ3n) is 8.96. The normalized spacial score (nSPS) is 33.4. The van der Waals surface area contributed by atoms with Crippen LogP contribution in [0.15, 0.2) is 23.8 Å². The molecule has 0 aromatic carbocycles. The van der Waals surface area contributed by atoms with Gasteiger partial charge in [0.25, 0.3) is 0 Å². The minimum Gasteiger partial charge on any atom is -0.370 e. The van der Waals surface area contributed by atoms with Gasteiger partial charge in [-0.05, 0) is 62.2 Å². The molecule has 3 fully saturated rings. The number of allylic oxidation sites excluding steroid dienone is 4. The van der Waals surface area contributed by atoms with Gasteiger partial charge in [-0.1, -0.05) is 102 Å². The molecule has 5 atom stereocenters. The van der Waals surface area contributed by atoms with Crippen LogP contribution in [0.25, 0.3) is 0 Å². The number of hydrogen-bond acceptors (Lipinski definition) is 1. The van der Waals surface area contributed by atoms with Crippen molar-refractivity contribution in [3.05, 3.63) is 23.8 Å². The van der Waals surface area contributed by atoms with Gasteiger partial charge in [0.2, 0.25) is 5.91 Å². The molecule has 0 bridgehead atoms. The van der Waals surface area contributed by atoms with E-state index in [1.165, 1.54) is 77.0 Å². The van der Waals surface area contributed by atoms with Gasteiger partial charge in [0, 0.05) is 11.8 Å². The molecule has 0 heterocycles. The molecule has 2 heteroatoms. The second kappa shape index (κ2) is 12.3. The van der Waals surface area contributed by atoms with Gasteiger partial charge < -0.3 is 5.73 Å². The molecule has 0 aliphatic heterocycles. The van der Waals surface area contributed by atoms with Crippen LogP contribution in [0.4, 0.5) is 0 Å². The first-order valence-electron chi connectivity index (χ1n) is 13.7. The lowest BCUT2D eigenvalue weighted by molar-refractivity contribution is -0.118. The van der Waals surface area contributed by atoms with E-state index < -0.39 is 0 Å². The van der Waals surface area contributed by atoms with Crippen molar-refractivity contribution < 1.29 is 4.79 Å². The monoisotopic (exact) mass is 427 g/mol. The van der Waals surface area contributed by atoms with Crippen molar-refractivity contribution in [3.8, 4) is 0 Å². The molecule has 0 radical (unpaired) electrons. The Morgan fingerprint density at radius 1 is 0.935 bits per heavy atom. The van der Waals surface area contributed by atoms with Crippen molar-refractivity contribution in [1.82, 2.24) is 0 Å². The first-order valence-corrected chi connectivity index (χ1v) is 13.7. The number of amides is 1. The van der Waals surface area contributed by atoms with E-state index in [4.69, 9.17) is 5.73 Å². The summed E-state index contributed by atoms with van der Waals surface area (Å²) >= 11 is 0. The molecule has 4 rings (SSSR count). The van der Waals surface area contributed by atoms with Crippen LogP contribution in [-0.4, -0.2) is 5.91 Å². The molecule has 4 aliphatic rings. The summed E-state index contributed by atoms with van der Waals surface area (Å²) in [5.74, 6) is 4.01. The topological polar surface area (TPSA) is 43.1 Å². The quantitative estimate of drug-likeness (QED) is 0.371. The number of hydrogen-bond donors (Lipinski definition) is 1. The second-order valence-electron chi connectivity index (χ2n) is 11.2. The Kier molecular flexibility index (Phi) is 9.72. The van der Waals surface area contributed by atoms with Gasteiger partial charge in [0.15, 0.2) is 0 Å². The van der Waals surface area contributed by atoms with Crippen molar-refractivity contribution in [2.75, 3.05) is 0 Å². The van der Waals surface area contributed by atoms with E-state index in [-0.39, 0.29) is 5.91 Å². The fraction of sp³-hybridized carbons (Fsp3) is 0.828. The summed E-state index contributed by atoms with van der Waals surface area (Å²) < 4.78 is 0. The Morgan fingerprint density at radius 3 is 2.39 bits per heavy atom.